The van der Waals surface area contributed by atoms with Gasteiger partial charge in [0.15, 0.2) is 5.11 Å². The van der Waals surface area contributed by atoms with Crippen molar-refractivity contribution in [2.24, 2.45) is 0 Å². The van der Waals surface area contributed by atoms with Crippen molar-refractivity contribution in [3.63, 3.8) is 0 Å². The summed E-state index contributed by atoms with van der Waals surface area (Å²) in [4.78, 5) is 3.79. The maximum absolute atomic E-state index is 12.3. The van der Waals surface area contributed by atoms with Gasteiger partial charge in [0.25, 0.3) is 0 Å². The van der Waals surface area contributed by atoms with Crippen molar-refractivity contribution < 1.29 is 18.4 Å². The lowest BCUT2D eigenvalue weighted by Gasteiger charge is -2.35. The van der Waals surface area contributed by atoms with Crippen LogP contribution in [0.4, 0.5) is 20.2 Å². The molecule has 4 nitrogen and oxygen atoms in total. The lowest BCUT2D eigenvalue weighted by atomic mass is 9.89. The van der Waals surface area contributed by atoms with Crippen LogP contribution in [-0.2, 0) is 0 Å². The summed E-state index contributed by atoms with van der Waals surface area (Å²) in [7, 11) is 2.24. The number of benzene rings is 2. The highest BCUT2D eigenvalue weighted by atomic mass is 32.1. The average Bonchev–Trinajstić information content (AvgIpc) is 2.96. The van der Waals surface area contributed by atoms with Crippen molar-refractivity contribution in [1.82, 2.24) is 0 Å². The van der Waals surface area contributed by atoms with Crippen molar-refractivity contribution in [3.8, 4) is 5.75 Å². The standard InChI is InChI=1S/C21H23F2N3OS/c1-13-3-8-18-16(11-13)17-12-25(2)10-9-19(17)26(18)21(28)24-14-4-6-15(7-5-14)27-20(22)23/h3-8,11,17,19-20H,9-10,12H2,1-2H3,(H,24,28)/p+1/t17-,19-/m0/s1. The Bertz CT molecular complexity index is 874. The second-order valence-corrected chi connectivity index (χ2v) is 8.03. The van der Waals surface area contributed by atoms with Crippen molar-refractivity contribution in [2.75, 3.05) is 30.4 Å². The van der Waals surface area contributed by atoms with Crippen LogP contribution in [0.1, 0.15) is 23.5 Å². The molecule has 0 amide bonds. The van der Waals surface area contributed by atoms with Gasteiger partial charge >= 0.3 is 6.61 Å². The number of anilines is 2. The number of hydrogen-bond donors (Lipinski definition) is 2. The normalized spacial score (nSPS) is 23.3. The predicted octanol–water partition coefficient (Wildman–Crippen LogP) is 3.18. The predicted molar refractivity (Wildman–Crippen MR) is 111 cm³/mol. The summed E-state index contributed by atoms with van der Waals surface area (Å²) in [6, 6.07) is 13.3. The number of quaternary nitrogens is 1. The van der Waals surface area contributed by atoms with Gasteiger partial charge in [0, 0.05) is 17.8 Å². The van der Waals surface area contributed by atoms with E-state index < -0.39 is 6.61 Å². The Labute approximate surface area is 169 Å². The second kappa shape index (κ2) is 7.64. The van der Waals surface area contributed by atoms with E-state index in [-0.39, 0.29) is 5.75 Å². The number of rotatable bonds is 3. The van der Waals surface area contributed by atoms with E-state index in [1.165, 1.54) is 28.9 Å². The van der Waals surface area contributed by atoms with E-state index in [0.29, 0.717) is 17.1 Å². The van der Waals surface area contributed by atoms with E-state index in [9.17, 15) is 8.78 Å². The van der Waals surface area contributed by atoms with Crippen LogP contribution < -0.4 is 19.9 Å². The van der Waals surface area contributed by atoms with Gasteiger partial charge in [-0.25, -0.2) is 0 Å². The Morgan fingerprint density at radius 1 is 1.25 bits per heavy atom. The highest BCUT2D eigenvalue weighted by molar-refractivity contribution is 7.80. The summed E-state index contributed by atoms with van der Waals surface area (Å²) in [6.07, 6.45) is 1.08. The zero-order chi connectivity index (χ0) is 19.8. The molecule has 1 unspecified atom stereocenters. The van der Waals surface area contributed by atoms with Gasteiger partial charge in [-0.15, -0.1) is 0 Å². The molecule has 0 aromatic heterocycles. The number of fused-ring (bicyclic) bond motifs is 3. The van der Waals surface area contributed by atoms with Gasteiger partial charge < -0.3 is 19.9 Å². The molecule has 28 heavy (non-hydrogen) atoms. The first-order valence-corrected chi connectivity index (χ1v) is 9.90. The van der Waals surface area contributed by atoms with Crippen LogP contribution in [0.3, 0.4) is 0 Å². The number of nitrogens with zero attached hydrogens (tertiary/aromatic N) is 1. The van der Waals surface area contributed by atoms with Crippen LogP contribution in [0.15, 0.2) is 42.5 Å². The smallest absolute Gasteiger partial charge is 0.387 e. The van der Waals surface area contributed by atoms with Gasteiger partial charge in [-0.2, -0.15) is 8.78 Å². The average molecular weight is 405 g/mol. The molecule has 2 aromatic carbocycles. The van der Waals surface area contributed by atoms with E-state index in [4.69, 9.17) is 12.2 Å². The summed E-state index contributed by atoms with van der Waals surface area (Å²) in [6.45, 7) is 1.51. The van der Waals surface area contributed by atoms with E-state index in [0.717, 1.165) is 25.2 Å². The topological polar surface area (TPSA) is 28.9 Å². The largest absolute Gasteiger partial charge is 0.435 e. The third kappa shape index (κ3) is 3.69. The maximum atomic E-state index is 12.3. The van der Waals surface area contributed by atoms with E-state index in [1.807, 2.05) is 0 Å². The number of aryl methyl sites for hydroxylation is 1. The molecule has 0 spiro atoms. The fourth-order valence-corrected chi connectivity index (χ4v) is 4.72. The molecule has 148 valence electrons. The van der Waals surface area contributed by atoms with Gasteiger partial charge in [-0.1, -0.05) is 17.7 Å². The third-order valence-corrected chi connectivity index (χ3v) is 5.92. The number of hydrogen-bond acceptors (Lipinski definition) is 2. The first kappa shape index (κ1) is 19.1. The molecular formula is C21H24F2N3OS+. The Hall–Kier alpha value is -2.25. The lowest BCUT2D eigenvalue weighted by Crippen LogP contribution is -3.11. The van der Waals surface area contributed by atoms with E-state index in [1.54, 1.807) is 17.0 Å². The van der Waals surface area contributed by atoms with Crippen molar-refractivity contribution in [1.29, 1.82) is 0 Å². The first-order valence-electron chi connectivity index (χ1n) is 9.49. The third-order valence-electron chi connectivity index (χ3n) is 5.62. The number of nitrogens with one attached hydrogen (secondary N) is 2. The Morgan fingerprint density at radius 3 is 2.71 bits per heavy atom. The molecule has 7 heteroatoms. The highest BCUT2D eigenvalue weighted by Crippen LogP contribution is 2.43. The zero-order valence-corrected chi connectivity index (χ0v) is 16.7. The number of alkyl halides is 2. The maximum Gasteiger partial charge on any atom is 0.387 e. The highest BCUT2D eigenvalue weighted by Gasteiger charge is 2.44. The van der Waals surface area contributed by atoms with Crippen LogP contribution in [0.5, 0.6) is 5.75 Å². The molecule has 0 bridgehead atoms. The van der Waals surface area contributed by atoms with Crippen molar-refractivity contribution >= 4 is 28.7 Å². The second-order valence-electron chi connectivity index (χ2n) is 7.64. The molecule has 3 atom stereocenters. The van der Waals surface area contributed by atoms with Crippen LogP contribution in [0.25, 0.3) is 0 Å². The van der Waals surface area contributed by atoms with Gasteiger partial charge in [-0.3, -0.25) is 0 Å². The fraction of sp³-hybridized carbons (Fsp3) is 0.381. The molecule has 0 aliphatic carbocycles. The minimum absolute atomic E-state index is 0.131. The molecule has 0 saturated carbocycles. The van der Waals surface area contributed by atoms with Gasteiger partial charge in [0.2, 0.25) is 0 Å². The summed E-state index contributed by atoms with van der Waals surface area (Å²) in [5.74, 6) is 0.594. The van der Waals surface area contributed by atoms with E-state index in [2.05, 4.69) is 47.1 Å². The number of likely N-dealkylation sites (tertiary alicyclic amines) is 1. The molecule has 2 aliphatic rings. The number of thiocarbonyl (C=S) groups is 1. The Kier molecular flexibility index (Phi) is 5.21. The Balaban J connectivity index is 1.57. The summed E-state index contributed by atoms with van der Waals surface area (Å²) >= 11 is 5.76. The van der Waals surface area contributed by atoms with E-state index >= 15 is 0 Å². The molecule has 0 radical (unpaired) electrons. The summed E-state index contributed by atoms with van der Waals surface area (Å²) < 4.78 is 29.1. The minimum Gasteiger partial charge on any atom is -0.435 e. The molecule has 1 fully saturated rings. The number of piperidine rings is 1. The molecule has 2 N–H and O–H groups in total. The molecule has 2 aromatic rings. The van der Waals surface area contributed by atoms with Crippen LogP contribution >= 0.6 is 12.2 Å². The molecule has 1 saturated heterocycles. The lowest BCUT2D eigenvalue weighted by molar-refractivity contribution is -0.886. The van der Waals surface area contributed by atoms with Gasteiger partial charge in [0.05, 0.1) is 32.1 Å². The van der Waals surface area contributed by atoms with Crippen LogP contribution in [-0.4, -0.2) is 37.9 Å². The molecule has 2 aliphatic heterocycles. The van der Waals surface area contributed by atoms with Gasteiger partial charge in [-0.05, 0) is 55.0 Å². The van der Waals surface area contributed by atoms with Crippen molar-refractivity contribution in [2.45, 2.75) is 31.9 Å². The summed E-state index contributed by atoms with van der Waals surface area (Å²) in [5, 5.41) is 3.91. The zero-order valence-electron chi connectivity index (χ0n) is 15.9. The molecule has 2 heterocycles. The Morgan fingerprint density at radius 2 is 2.00 bits per heavy atom. The van der Waals surface area contributed by atoms with Gasteiger partial charge in [0.1, 0.15) is 5.75 Å². The molecule has 4 rings (SSSR count). The van der Waals surface area contributed by atoms with Crippen LogP contribution in [0, 0.1) is 6.92 Å². The van der Waals surface area contributed by atoms with Crippen LogP contribution in [0.2, 0.25) is 0 Å². The summed E-state index contributed by atoms with van der Waals surface area (Å²) in [5.41, 5.74) is 4.55. The monoisotopic (exact) mass is 404 g/mol. The quantitative estimate of drug-likeness (QED) is 0.769. The number of ether oxygens (including phenoxy) is 1. The fourth-order valence-electron chi connectivity index (χ4n) is 4.37. The SMILES string of the molecule is Cc1ccc2c(c1)[C@@H]1C[NH+](C)CC[C@@H]1N2C(=S)Nc1ccc(OC(F)F)cc1. The number of likely N-dealkylation sites (N-methyl/N-ethyl adjacent to an activating group) is 1. The van der Waals surface area contributed by atoms with Crippen molar-refractivity contribution in [3.05, 3.63) is 53.6 Å². The minimum atomic E-state index is -2.83. The first-order chi connectivity index (χ1) is 13.4. The number of halogens is 2. The molecular weight excluding hydrogens is 380 g/mol.